The molecule has 4 rings (SSSR count). The average Bonchev–Trinajstić information content (AvgIpc) is 3.20. The lowest BCUT2D eigenvalue weighted by Gasteiger charge is -2.32. The van der Waals surface area contributed by atoms with E-state index < -0.39 is 0 Å². The molecule has 1 aromatic heterocycles. The number of rotatable bonds is 3. The number of likely N-dealkylation sites (tertiary alicyclic amines) is 1. The van der Waals surface area contributed by atoms with Gasteiger partial charge in [-0.3, -0.25) is 9.59 Å². The van der Waals surface area contributed by atoms with Crippen molar-refractivity contribution in [1.29, 1.82) is 0 Å². The Hall–Kier alpha value is -1.98. The van der Waals surface area contributed by atoms with Gasteiger partial charge in [0.15, 0.2) is 0 Å². The van der Waals surface area contributed by atoms with Gasteiger partial charge in [0.1, 0.15) is 5.82 Å². The summed E-state index contributed by atoms with van der Waals surface area (Å²) < 4.78 is 0. The molecule has 0 atom stereocenters. The summed E-state index contributed by atoms with van der Waals surface area (Å²) in [4.78, 5) is 37.5. The Bertz CT molecular complexity index is 706. The lowest BCUT2D eigenvalue weighted by molar-refractivity contribution is -0.133. The molecule has 0 bridgehead atoms. The summed E-state index contributed by atoms with van der Waals surface area (Å²) >= 11 is 0. The van der Waals surface area contributed by atoms with Crippen molar-refractivity contribution in [2.24, 2.45) is 5.92 Å². The Kier molecular flexibility index (Phi) is 5.41. The summed E-state index contributed by atoms with van der Waals surface area (Å²) in [7, 11) is 0. The second kappa shape index (κ2) is 7.95. The summed E-state index contributed by atoms with van der Waals surface area (Å²) in [5.74, 6) is 2.31. The number of fused-ring (bicyclic) bond motifs is 1. The fraction of sp³-hybridized carbons (Fsp3) is 0.714. The Morgan fingerprint density at radius 3 is 2.52 bits per heavy atom. The van der Waals surface area contributed by atoms with Crippen LogP contribution < -0.4 is 0 Å². The molecule has 2 amide bonds. The lowest BCUT2D eigenvalue weighted by atomic mass is 9.95. The van der Waals surface area contributed by atoms with E-state index in [1.807, 2.05) is 16.0 Å². The number of nitrogens with zero attached hydrogens (tertiary/aromatic N) is 4. The van der Waals surface area contributed by atoms with Crippen LogP contribution in [-0.2, 0) is 22.6 Å². The second-order valence-electron chi connectivity index (χ2n) is 8.40. The van der Waals surface area contributed by atoms with Crippen LogP contribution in [0.1, 0.15) is 74.9 Å². The topological polar surface area (TPSA) is 66.4 Å². The summed E-state index contributed by atoms with van der Waals surface area (Å²) in [5.41, 5.74) is 2.21. The van der Waals surface area contributed by atoms with Crippen molar-refractivity contribution >= 4 is 11.8 Å². The zero-order chi connectivity index (χ0) is 18.8. The van der Waals surface area contributed by atoms with Crippen molar-refractivity contribution in [3.8, 4) is 0 Å². The molecule has 0 N–H and O–H groups in total. The van der Waals surface area contributed by atoms with E-state index in [-0.39, 0.29) is 5.91 Å². The number of aromatic nitrogens is 2. The van der Waals surface area contributed by atoms with Gasteiger partial charge in [0, 0.05) is 63.6 Å². The molecule has 1 aromatic rings. The number of piperidine rings is 1. The first-order chi connectivity index (χ1) is 13.1. The third-order valence-electron chi connectivity index (χ3n) is 6.55. The van der Waals surface area contributed by atoms with Crippen LogP contribution in [0.5, 0.6) is 0 Å². The monoisotopic (exact) mass is 370 g/mol. The highest BCUT2D eigenvalue weighted by molar-refractivity contribution is 5.76. The largest absolute Gasteiger partial charge is 0.343 e. The van der Waals surface area contributed by atoms with E-state index in [9.17, 15) is 9.59 Å². The van der Waals surface area contributed by atoms with Crippen molar-refractivity contribution in [2.75, 3.05) is 19.6 Å². The van der Waals surface area contributed by atoms with E-state index in [0.717, 1.165) is 56.0 Å². The third-order valence-corrected chi connectivity index (χ3v) is 6.55. The normalized spacial score (nSPS) is 21.4. The Balaban J connectivity index is 1.37. The van der Waals surface area contributed by atoms with Gasteiger partial charge in [-0.15, -0.1) is 0 Å². The number of carbonyl (C=O) groups excluding carboxylic acids is 2. The van der Waals surface area contributed by atoms with Crippen molar-refractivity contribution in [3.63, 3.8) is 0 Å². The van der Waals surface area contributed by atoms with Gasteiger partial charge in [0.05, 0.1) is 5.69 Å². The number of hydrogen-bond acceptors (Lipinski definition) is 4. The van der Waals surface area contributed by atoms with Gasteiger partial charge in [-0.25, -0.2) is 9.97 Å². The van der Waals surface area contributed by atoms with Crippen LogP contribution in [0.3, 0.4) is 0 Å². The van der Waals surface area contributed by atoms with Gasteiger partial charge in [-0.2, -0.15) is 0 Å². The first-order valence-electron chi connectivity index (χ1n) is 10.5. The molecule has 0 spiro atoms. The minimum Gasteiger partial charge on any atom is -0.343 e. The van der Waals surface area contributed by atoms with Crippen molar-refractivity contribution in [3.05, 3.63) is 23.3 Å². The highest BCUT2D eigenvalue weighted by atomic mass is 16.2. The quantitative estimate of drug-likeness (QED) is 0.820. The molecule has 2 aliphatic heterocycles. The number of hydrogen-bond donors (Lipinski definition) is 0. The van der Waals surface area contributed by atoms with Crippen LogP contribution in [0.15, 0.2) is 6.20 Å². The van der Waals surface area contributed by atoms with Gasteiger partial charge in [0.25, 0.3) is 0 Å². The summed E-state index contributed by atoms with van der Waals surface area (Å²) in [6.07, 6.45) is 10.3. The van der Waals surface area contributed by atoms with E-state index in [2.05, 4.69) is 4.98 Å². The maximum Gasteiger partial charge on any atom is 0.223 e. The molecule has 0 unspecified atom stereocenters. The Labute approximate surface area is 161 Å². The smallest absolute Gasteiger partial charge is 0.223 e. The molecule has 6 heteroatoms. The average molecular weight is 370 g/mol. The predicted molar refractivity (Wildman–Crippen MR) is 102 cm³/mol. The molecule has 1 saturated heterocycles. The zero-order valence-corrected chi connectivity index (χ0v) is 16.3. The minimum atomic E-state index is 0.155. The van der Waals surface area contributed by atoms with E-state index in [4.69, 9.17) is 4.98 Å². The molecular weight excluding hydrogens is 340 g/mol. The first-order valence-corrected chi connectivity index (χ1v) is 10.5. The van der Waals surface area contributed by atoms with E-state index in [0.29, 0.717) is 30.7 Å². The maximum absolute atomic E-state index is 12.6. The van der Waals surface area contributed by atoms with Crippen molar-refractivity contribution in [1.82, 2.24) is 19.8 Å². The summed E-state index contributed by atoms with van der Waals surface area (Å²) in [6.45, 7) is 4.66. The molecular formula is C21H30N4O2. The molecule has 27 heavy (non-hydrogen) atoms. The van der Waals surface area contributed by atoms with Gasteiger partial charge in [-0.05, 0) is 31.6 Å². The van der Waals surface area contributed by atoms with E-state index >= 15 is 0 Å². The van der Waals surface area contributed by atoms with Gasteiger partial charge < -0.3 is 9.80 Å². The van der Waals surface area contributed by atoms with Crippen molar-refractivity contribution < 1.29 is 9.59 Å². The Morgan fingerprint density at radius 1 is 1.07 bits per heavy atom. The van der Waals surface area contributed by atoms with Crippen molar-refractivity contribution in [2.45, 2.75) is 70.8 Å². The van der Waals surface area contributed by atoms with Crippen LogP contribution in [0.2, 0.25) is 0 Å². The molecule has 3 aliphatic rings. The second-order valence-corrected chi connectivity index (χ2v) is 8.40. The highest BCUT2D eigenvalue weighted by Gasteiger charge is 2.28. The molecule has 1 saturated carbocycles. The van der Waals surface area contributed by atoms with Crippen LogP contribution in [0.4, 0.5) is 0 Å². The molecule has 2 fully saturated rings. The van der Waals surface area contributed by atoms with E-state index in [1.165, 1.54) is 25.7 Å². The fourth-order valence-electron chi connectivity index (χ4n) is 4.78. The molecule has 3 heterocycles. The van der Waals surface area contributed by atoms with Crippen LogP contribution in [0, 0.1) is 5.92 Å². The first kappa shape index (κ1) is 18.4. The molecule has 6 nitrogen and oxygen atoms in total. The van der Waals surface area contributed by atoms with Crippen LogP contribution >= 0.6 is 0 Å². The SMILES string of the molecule is CC(=O)N1CCC(c2ncc3c(n2)CCN(C(=O)CC2CCCC2)C3)CC1. The minimum absolute atomic E-state index is 0.155. The Morgan fingerprint density at radius 2 is 1.81 bits per heavy atom. The molecule has 0 radical (unpaired) electrons. The number of carbonyl (C=O) groups is 2. The zero-order valence-electron chi connectivity index (χ0n) is 16.3. The molecule has 1 aliphatic carbocycles. The van der Waals surface area contributed by atoms with Gasteiger partial charge in [-0.1, -0.05) is 12.8 Å². The summed E-state index contributed by atoms with van der Waals surface area (Å²) in [6, 6.07) is 0. The highest BCUT2D eigenvalue weighted by Crippen LogP contribution is 2.30. The predicted octanol–water partition coefficient (Wildman–Crippen LogP) is 2.67. The van der Waals surface area contributed by atoms with E-state index in [1.54, 1.807) is 6.92 Å². The lowest BCUT2D eigenvalue weighted by Crippen LogP contribution is -2.38. The molecule has 0 aromatic carbocycles. The maximum atomic E-state index is 12.6. The standard InChI is InChI=1S/C21H30N4O2/c1-15(26)24-9-6-17(7-10-24)21-22-13-18-14-25(11-8-19(18)23-21)20(27)12-16-4-2-3-5-16/h13,16-17H,2-12,14H2,1H3. The van der Waals surface area contributed by atoms with Crippen LogP contribution in [0.25, 0.3) is 0 Å². The molecule has 146 valence electrons. The van der Waals surface area contributed by atoms with Crippen LogP contribution in [-0.4, -0.2) is 51.2 Å². The number of amides is 2. The third kappa shape index (κ3) is 4.14. The summed E-state index contributed by atoms with van der Waals surface area (Å²) in [5, 5.41) is 0. The fourth-order valence-corrected chi connectivity index (χ4v) is 4.78. The van der Waals surface area contributed by atoms with Gasteiger partial charge in [0.2, 0.25) is 11.8 Å². The van der Waals surface area contributed by atoms with Gasteiger partial charge >= 0.3 is 0 Å².